The minimum atomic E-state index is -0.495. The Morgan fingerprint density at radius 1 is 1.32 bits per heavy atom. The SMILES string of the molecule is CC(C)OCCCNC(=O)COC(=O)CSc1nc2ccccc2o1. The molecule has 0 radical (unpaired) electrons. The highest BCUT2D eigenvalue weighted by Crippen LogP contribution is 2.22. The summed E-state index contributed by atoms with van der Waals surface area (Å²) in [7, 11) is 0. The number of carbonyl (C=O) groups excluding carboxylic acids is 2. The number of fused-ring (bicyclic) bond motifs is 1. The van der Waals surface area contributed by atoms with Crippen LogP contribution >= 0.6 is 11.8 Å². The first-order valence-corrected chi connectivity index (χ1v) is 9.05. The number of hydrogen-bond donors (Lipinski definition) is 1. The average molecular weight is 366 g/mol. The van der Waals surface area contributed by atoms with Gasteiger partial charge in [-0.1, -0.05) is 23.9 Å². The van der Waals surface area contributed by atoms with E-state index in [1.54, 1.807) is 6.07 Å². The summed E-state index contributed by atoms with van der Waals surface area (Å²) in [6.07, 6.45) is 0.890. The fraction of sp³-hybridized carbons (Fsp3) is 0.471. The largest absolute Gasteiger partial charge is 0.455 e. The topological polar surface area (TPSA) is 90.7 Å². The van der Waals surface area contributed by atoms with Crippen LogP contribution in [-0.4, -0.2) is 48.5 Å². The van der Waals surface area contributed by atoms with Crippen LogP contribution in [-0.2, 0) is 19.1 Å². The van der Waals surface area contributed by atoms with Crippen LogP contribution in [0, 0.1) is 0 Å². The lowest BCUT2D eigenvalue weighted by molar-refractivity contribution is -0.145. The molecule has 0 atom stereocenters. The van der Waals surface area contributed by atoms with E-state index in [4.69, 9.17) is 13.9 Å². The molecule has 0 saturated carbocycles. The van der Waals surface area contributed by atoms with Gasteiger partial charge in [-0.3, -0.25) is 9.59 Å². The van der Waals surface area contributed by atoms with E-state index in [0.717, 1.165) is 17.3 Å². The number of nitrogens with one attached hydrogen (secondary N) is 1. The molecule has 0 unspecified atom stereocenters. The molecule has 0 bridgehead atoms. The van der Waals surface area contributed by atoms with Crippen LogP contribution in [0.2, 0.25) is 0 Å². The molecule has 8 heteroatoms. The van der Waals surface area contributed by atoms with E-state index in [-0.39, 0.29) is 24.4 Å². The van der Waals surface area contributed by atoms with Gasteiger partial charge in [0.05, 0.1) is 6.10 Å². The van der Waals surface area contributed by atoms with Crippen molar-refractivity contribution >= 4 is 34.7 Å². The van der Waals surface area contributed by atoms with E-state index in [1.807, 2.05) is 32.0 Å². The predicted octanol–water partition coefficient (Wildman–Crippen LogP) is 2.39. The van der Waals surface area contributed by atoms with Gasteiger partial charge < -0.3 is 19.2 Å². The van der Waals surface area contributed by atoms with Gasteiger partial charge in [-0.2, -0.15) is 0 Å². The van der Waals surface area contributed by atoms with Gasteiger partial charge in [-0.25, -0.2) is 4.98 Å². The third kappa shape index (κ3) is 7.15. The second-order valence-corrected chi connectivity index (χ2v) is 6.45. The molecule has 1 aromatic carbocycles. The van der Waals surface area contributed by atoms with Crippen molar-refractivity contribution in [3.8, 4) is 0 Å². The highest BCUT2D eigenvalue weighted by Gasteiger charge is 2.11. The molecule has 1 N–H and O–H groups in total. The molecular formula is C17H22N2O5S. The molecule has 1 heterocycles. The number of esters is 1. The van der Waals surface area contributed by atoms with Gasteiger partial charge in [-0.15, -0.1) is 0 Å². The van der Waals surface area contributed by atoms with Crippen LogP contribution in [0.3, 0.4) is 0 Å². The molecule has 1 amide bonds. The zero-order valence-corrected chi connectivity index (χ0v) is 15.1. The average Bonchev–Trinajstić information content (AvgIpc) is 3.00. The Morgan fingerprint density at radius 3 is 2.88 bits per heavy atom. The summed E-state index contributed by atoms with van der Waals surface area (Å²) in [5.41, 5.74) is 1.40. The van der Waals surface area contributed by atoms with Crippen LogP contribution < -0.4 is 5.32 Å². The number of amides is 1. The summed E-state index contributed by atoms with van der Waals surface area (Å²) in [6, 6.07) is 7.35. The zero-order valence-electron chi connectivity index (χ0n) is 14.3. The number of aromatic nitrogens is 1. The summed E-state index contributed by atoms with van der Waals surface area (Å²) < 4.78 is 15.8. The summed E-state index contributed by atoms with van der Waals surface area (Å²) in [6.45, 7) is 4.69. The summed E-state index contributed by atoms with van der Waals surface area (Å²) in [5.74, 6) is -0.794. The Kier molecular flexibility index (Phi) is 7.75. The van der Waals surface area contributed by atoms with Crippen molar-refractivity contribution in [3.05, 3.63) is 24.3 Å². The van der Waals surface area contributed by atoms with Crippen molar-refractivity contribution in [2.75, 3.05) is 25.5 Å². The molecule has 0 spiro atoms. The Morgan fingerprint density at radius 2 is 2.12 bits per heavy atom. The van der Waals surface area contributed by atoms with E-state index in [1.165, 1.54) is 0 Å². The lowest BCUT2D eigenvalue weighted by Crippen LogP contribution is -2.30. The maximum absolute atomic E-state index is 11.7. The molecule has 1 aromatic heterocycles. The number of nitrogens with zero attached hydrogens (tertiary/aromatic N) is 1. The number of rotatable bonds is 10. The smallest absolute Gasteiger partial charge is 0.316 e. The molecule has 0 fully saturated rings. The van der Waals surface area contributed by atoms with Gasteiger partial charge in [0.1, 0.15) is 11.3 Å². The predicted molar refractivity (Wildman–Crippen MR) is 94.4 cm³/mol. The van der Waals surface area contributed by atoms with Gasteiger partial charge >= 0.3 is 5.97 Å². The number of benzene rings is 1. The Bertz CT molecular complexity index is 668. The second-order valence-electron chi connectivity index (χ2n) is 5.52. The minimum Gasteiger partial charge on any atom is -0.455 e. The molecule has 0 saturated heterocycles. The normalized spacial score (nSPS) is 11.0. The van der Waals surface area contributed by atoms with Crippen molar-refractivity contribution in [1.82, 2.24) is 10.3 Å². The molecule has 0 aliphatic rings. The zero-order chi connectivity index (χ0) is 18.1. The molecule has 25 heavy (non-hydrogen) atoms. The van der Waals surface area contributed by atoms with Crippen molar-refractivity contribution in [1.29, 1.82) is 0 Å². The van der Waals surface area contributed by atoms with E-state index >= 15 is 0 Å². The first-order chi connectivity index (χ1) is 12.0. The van der Waals surface area contributed by atoms with Gasteiger partial charge in [0.2, 0.25) is 0 Å². The maximum Gasteiger partial charge on any atom is 0.316 e. The molecule has 7 nitrogen and oxygen atoms in total. The van der Waals surface area contributed by atoms with Crippen LogP contribution in [0.15, 0.2) is 33.9 Å². The van der Waals surface area contributed by atoms with E-state index < -0.39 is 5.97 Å². The highest BCUT2D eigenvalue weighted by molar-refractivity contribution is 7.99. The van der Waals surface area contributed by atoms with Gasteiger partial charge in [0, 0.05) is 13.2 Å². The van der Waals surface area contributed by atoms with Crippen LogP contribution in [0.4, 0.5) is 0 Å². The fourth-order valence-corrected chi connectivity index (χ4v) is 2.53. The van der Waals surface area contributed by atoms with E-state index in [0.29, 0.717) is 30.4 Å². The molecular weight excluding hydrogens is 344 g/mol. The van der Waals surface area contributed by atoms with Gasteiger partial charge in [0.25, 0.3) is 11.1 Å². The molecule has 2 rings (SSSR count). The molecule has 136 valence electrons. The van der Waals surface area contributed by atoms with Gasteiger partial charge in [-0.05, 0) is 32.4 Å². The fourth-order valence-electron chi connectivity index (χ4n) is 1.89. The number of thioether (sulfide) groups is 1. The monoisotopic (exact) mass is 366 g/mol. The molecule has 0 aliphatic heterocycles. The number of hydrogen-bond acceptors (Lipinski definition) is 7. The number of carbonyl (C=O) groups is 2. The standard InChI is InChI=1S/C17H22N2O5S/c1-12(2)22-9-5-8-18-15(20)10-23-16(21)11-25-17-19-13-6-3-4-7-14(13)24-17/h3-4,6-7,12H,5,8-11H2,1-2H3,(H,18,20). The van der Waals surface area contributed by atoms with Crippen molar-refractivity contribution in [3.63, 3.8) is 0 Å². The third-order valence-corrected chi connectivity index (χ3v) is 3.85. The van der Waals surface area contributed by atoms with E-state index in [2.05, 4.69) is 10.3 Å². The van der Waals surface area contributed by atoms with Crippen molar-refractivity contribution in [2.45, 2.75) is 31.6 Å². The highest BCUT2D eigenvalue weighted by atomic mass is 32.2. The summed E-state index contributed by atoms with van der Waals surface area (Å²) in [5, 5.41) is 3.07. The van der Waals surface area contributed by atoms with Crippen LogP contribution in [0.25, 0.3) is 11.1 Å². The third-order valence-electron chi connectivity index (χ3n) is 3.05. The maximum atomic E-state index is 11.7. The second kappa shape index (κ2) is 10.0. The number of para-hydroxylation sites is 2. The Hall–Kier alpha value is -2.06. The molecule has 2 aromatic rings. The lowest BCUT2D eigenvalue weighted by Gasteiger charge is -2.08. The Labute approximate surface area is 150 Å². The van der Waals surface area contributed by atoms with Gasteiger partial charge in [0.15, 0.2) is 12.2 Å². The van der Waals surface area contributed by atoms with Crippen molar-refractivity contribution < 1.29 is 23.5 Å². The Balaban J connectivity index is 1.59. The van der Waals surface area contributed by atoms with Crippen LogP contribution in [0.1, 0.15) is 20.3 Å². The molecule has 0 aliphatic carbocycles. The quantitative estimate of drug-likeness (QED) is 0.392. The van der Waals surface area contributed by atoms with Crippen LogP contribution in [0.5, 0.6) is 0 Å². The van der Waals surface area contributed by atoms with E-state index in [9.17, 15) is 9.59 Å². The summed E-state index contributed by atoms with van der Waals surface area (Å²) >= 11 is 1.13. The number of ether oxygens (including phenoxy) is 2. The van der Waals surface area contributed by atoms with Crippen molar-refractivity contribution in [2.24, 2.45) is 0 Å². The first kappa shape index (κ1) is 19.3. The first-order valence-electron chi connectivity index (χ1n) is 8.07. The number of oxazole rings is 1. The lowest BCUT2D eigenvalue weighted by atomic mass is 10.3. The summed E-state index contributed by atoms with van der Waals surface area (Å²) in [4.78, 5) is 27.5. The minimum absolute atomic E-state index is 0.0301.